The molecule has 0 heterocycles. The van der Waals surface area contributed by atoms with Crippen molar-refractivity contribution >= 4 is 5.78 Å². The molecule has 6 atom stereocenters. The van der Waals surface area contributed by atoms with E-state index in [9.17, 15) is 25.2 Å². The van der Waals surface area contributed by atoms with Crippen molar-refractivity contribution in [3.8, 4) is 0 Å². The molecule has 0 radical (unpaired) electrons. The fourth-order valence-corrected chi connectivity index (χ4v) is 4.11. The minimum atomic E-state index is -1.91. The van der Waals surface area contributed by atoms with Crippen LogP contribution in [0, 0.1) is 6.92 Å². The Morgan fingerprint density at radius 1 is 0.933 bits per heavy atom. The molecule has 0 aliphatic heterocycles. The minimum absolute atomic E-state index is 0.270. The zero-order chi connectivity index (χ0) is 22.2. The third kappa shape index (κ3) is 4.06. The second-order valence-electron chi connectivity index (χ2n) is 8.49. The summed E-state index contributed by atoms with van der Waals surface area (Å²) in [5.74, 6) is -1.24. The highest BCUT2D eigenvalue weighted by atomic mass is 16.4. The van der Waals surface area contributed by atoms with Crippen molar-refractivity contribution in [2.24, 2.45) is 0 Å². The molecule has 5 N–H and O–H groups in total. The van der Waals surface area contributed by atoms with E-state index in [2.05, 4.69) is 19.9 Å². The van der Waals surface area contributed by atoms with Gasteiger partial charge in [0.15, 0.2) is 5.78 Å². The highest BCUT2D eigenvalue weighted by molar-refractivity contribution is 5.94. The maximum absolute atomic E-state index is 13.1. The number of aliphatic hydroxyl groups excluding tert-OH is 5. The summed E-state index contributed by atoms with van der Waals surface area (Å²) in [7, 11) is 0. The summed E-state index contributed by atoms with van der Waals surface area (Å²) >= 11 is 0. The Bertz CT molecular complexity index is 891. The minimum Gasteiger partial charge on any atom is -0.394 e. The lowest BCUT2D eigenvalue weighted by Crippen LogP contribution is -2.51. The Kier molecular flexibility index (Phi) is 6.75. The van der Waals surface area contributed by atoms with Gasteiger partial charge in [0.05, 0.1) is 12.5 Å². The molecule has 3 rings (SSSR count). The van der Waals surface area contributed by atoms with Crippen molar-refractivity contribution in [1.82, 2.24) is 0 Å². The van der Waals surface area contributed by atoms with Crippen LogP contribution in [0.3, 0.4) is 0 Å². The smallest absolute Gasteiger partial charge is 0.172 e. The Labute approximate surface area is 176 Å². The van der Waals surface area contributed by atoms with E-state index >= 15 is 0 Å². The van der Waals surface area contributed by atoms with Crippen LogP contribution in [0.25, 0.3) is 0 Å². The third-order valence-electron chi connectivity index (χ3n) is 6.07. The van der Waals surface area contributed by atoms with Crippen LogP contribution < -0.4 is 0 Å². The lowest BCUT2D eigenvalue weighted by molar-refractivity contribution is -0.149. The molecule has 6 nitrogen and oxygen atoms in total. The molecule has 0 aromatic heterocycles. The topological polar surface area (TPSA) is 118 Å². The Morgan fingerprint density at radius 2 is 1.57 bits per heavy atom. The predicted molar refractivity (Wildman–Crippen MR) is 112 cm³/mol. The summed E-state index contributed by atoms with van der Waals surface area (Å²) in [6.07, 6.45) is -7.29. The van der Waals surface area contributed by atoms with Crippen molar-refractivity contribution in [2.75, 3.05) is 6.61 Å². The van der Waals surface area contributed by atoms with Crippen molar-refractivity contribution in [2.45, 2.75) is 62.9 Å². The van der Waals surface area contributed by atoms with Gasteiger partial charge < -0.3 is 25.5 Å². The first-order valence-electron chi connectivity index (χ1n) is 10.2. The molecule has 2 unspecified atom stereocenters. The van der Waals surface area contributed by atoms with Gasteiger partial charge in [0.2, 0.25) is 0 Å². The normalized spacial score (nSPS) is 22.0. The maximum atomic E-state index is 13.1. The fraction of sp³-hybridized carbons (Fsp3) is 0.458. The van der Waals surface area contributed by atoms with E-state index in [1.54, 1.807) is 0 Å². The maximum Gasteiger partial charge on any atom is 0.172 e. The molecule has 0 spiro atoms. The van der Waals surface area contributed by atoms with Crippen molar-refractivity contribution in [3.63, 3.8) is 0 Å². The van der Waals surface area contributed by atoms with Crippen LogP contribution in [0.1, 0.15) is 59.4 Å². The standard InChI is InChI=1S/C24H30O6/c1-12(2)15-8-9-16-17(10-15)19(14-6-4-13(3)5-7-14)20(16)22(28)24(30)23(29)21(27)18(26)11-25/h4-10,12,18-21,23-27,29-30H,11H2,1-3H3/t18-,19?,20?,21-,23+,24+/m1/s1. The monoisotopic (exact) mass is 414 g/mol. The van der Waals surface area contributed by atoms with E-state index in [0.29, 0.717) is 5.92 Å². The summed E-state index contributed by atoms with van der Waals surface area (Å²) in [6, 6.07) is 13.8. The van der Waals surface area contributed by atoms with Gasteiger partial charge in [-0.25, -0.2) is 0 Å². The van der Waals surface area contributed by atoms with Crippen LogP contribution >= 0.6 is 0 Å². The zero-order valence-corrected chi connectivity index (χ0v) is 17.4. The van der Waals surface area contributed by atoms with E-state index in [1.807, 2.05) is 43.3 Å². The van der Waals surface area contributed by atoms with Gasteiger partial charge in [0, 0.05) is 5.92 Å². The van der Waals surface area contributed by atoms with Gasteiger partial charge in [-0.2, -0.15) is 0 Å². The molecule has 0 saturated carbocycles. The number of carbonyl (C=O) groups excluding carboxylic acids is 1. The first kappa shape index (κ1) is 22.6. The molecule has 1 aliphatic carbocycles. The molecule has 2 aromatic carbocycles. The van der Waals surface area contributed by atoms with E-state index in [1.165, 1.54) is 0 Å². The number of rotatable bonds is 8. The van der Waals surface area contributed by atoms with Crippen LogP contribution in [0.2, 0.25) is 0 Å². The summed E-state index contributed by atoms with van der Waals surface area (Å²) in [4.78, 5) is 13.1. The van der Waals surface area contributed by atoms with Crippen molar-refractivity contribution in [3.05, 3.63) is 70.3 Å². The molecule has 0 saturated heterocycles. The number of hydrogen-bond donors (Lipinski definition) is 5. The van der Waals surface area contributed by atoms with Crippen LogP contribution in [0.4, 0.5) is 0 Å². The van der Waals surface area contributed by atoms with E-state index in [-0.39, 0.29) is 5.92 Å². The number of aryl methyl sites for hydroxylation is 1. The average molecular weight is 414 g/mol. The van der Waals surface area contributed by atoms with Gasteiger partial charge in [-0.15, -0.1) is 0 Å². The summed E-state index contributed by atoms with van der Waals surface area (Å²) < 4.78 is 0. The summed E-state index contributed by atoms with van der Waals surface area (Å²) in [5, 5.41) is 49.1. The fourth-order valence-electron chi connectivity index (χ4n) is 4.11. The number of fused-ring (bicyclic) bond motifs is 1. The molecule has 2 aromatic rings. The quantitative estimate of drug-likeness (QED) is 0.445. The summed E-state index contributed by atoms with van der Waals surface area (Å²) in [5.41, 5.74) is 4.98. The largest absolute Gasteiger partial charge is 0.394 e. The third-order valence-corrected chi connectivity index (χ3v) is 6.07. The van der Waals surface area contributed by atoms with Crippen LogP contribution in [-0.4, -0.2) is 62.3 Å². The SMILES string of the molecule is Cc1ccc(C2c3cc(C(C)C)ccc3C2C(=O)[C@H](O)[C@@H](O)[C@H](O)[C@H](O)CO)cc1. The Morgan fingerprint density at radius 3 is 2.13 bits per heavy atom. The molecule has 1 aliphatic rings. The highest BCUT2D eigenvalue weighted by Crippen LogP contribution is 2.52. The van der Waals surface area contributed by atoms with Gasteiger partial charge in [-0.3, -0.25) is 4.79 Å². The van der Waals surface area contributed by atoms with Gasteiger partial charge in [0.25, 0.3) is 0 Å². The molecule has 6 heteroatoms. The number of hydrogen-bond acceptors (Lipinski definition) is 6. The number of Topliss-reactive ketones (excluding diaryl/α,β-unsaturated/α-hetero) is 1. The molecule has 30 heavy (non-hydrogen) atoms. The van der Waals surface area contributed by atoms with Crippen molar-refractivity contribution in [1.29, 1.82) is 0 Å². The van der Waals surface area contributed by atoms with Crippen molar-refractivity contribution < 1.29 is 30.3 Å². The summed E-state index contributed by atoms with van der Waals surface area (Å²) in [6.45, 7) is 5.37. The Hall–Kier alpha value is -2.09. The van der Waals surface area contributed by atoms with Gasteiger partial charge in [-0.1, -0.05) is 61.9 Å². The molecule has 0 bridgehead atoms. The number of carbonyl (C=O) groups is 1. The number of aliphatic hydroxyl groups is 5. The van der Waals surface area contributed by atoms with Gasteiger partial charge in [-0.05, 0) is 35.1 Å². The lowest BCUT2D eigenvalue weighted by Gasteiger charge is -2.41. The highest BCUT2D eigenvalue weighted by Gasteiger charge is 2.47. The van der Waals surface area contributed by atoms with Gasteiger partial charge in [0.1, 0.15) is 24.4 Å². The lowest BCUT2D eigenvalue weighted by atomic mass is 9.61. The molecular formula is C24H30O6. The van der Waals surface area contributed by atoms with Crippen LogP contribution in [0.5, 0.6) is 0 Å². The average Bonchev–Trinajstić information content (AvgIpc) is 2.73. The first-order chi connectivity index (χ1) is 14.2. The molecular weight excluding hydrogens is 384 g/mol. The van der Waals surface area contributed by atoms with Crippen LogP contribution in [0.15, 0.2) is 42.5 Å². The van der Waals surface area contributed by atoms with Crippen LogP contribution in [-0.2, 0) is 4.79 Å². The first-order valence-corrected chi connectivity index (χ1v) is 10.2. The van der Waals surface area contributed by atoms with E-state index in [0.717, 1.165) is 27.8 Å². The van der Waals surface area contributed by atoms with E-state index in [4.69, 9.17) is 5.11 Å². The van der Waals surface area contributed by atoms with Gasteiger partial charge >= 0.3 is 0 Å². The predicted octanol–water partition coefficient (Wildman–Crippen LogP) is 1.35. The van der Waals surface area contributed by atoms with E-state index < -0.39 is 42.7 Å². The molecule has 0 amide bonds. The zero-order valence-electron chi connectivity index (χ0n) is 17.4. The Balaban J connectivity index is 1.96. The second kappa shape index (κ2) is 8.96. The molecule has 162 valence electrons. The number of benzene rings is 2. The second-order valence-corrected chi connectivity index (χ2v) is 8.49. The molecule has 0 fully saturated rings. The number of ketones is 1.